The van der Waals surface area contributed by atoms with Crippen molar-refractivity contribution in [2.45, 2.75) is 69.0 Å². The van der Waals surface area contributed by atoms with E-state index in [1.807, 2.05) is 0 Å². The summed E-state index contributed by atoms with van der Waals surface area (Å²) in [7, 11) is 0. The van der Waals surface area contributed by atoms with E-state index in [-0.39, 0.29) is 35.1 Å². The molecular formula is C26H27NO9. The van der Waals surface area contributed by atoms with Crippen molar-refractivity contribution >= 4 is 17.3 Å². The number of rotatable bonds is 3. The highest BCUT2D eigenvalue weighted by atomic mass is 16.5. The normalized spacial score (nSPS) is 29.3. The fraction of sp³-hybridized carbons (Fsp3) is 0.423. The molecule has 0 saturated heterocycles. The van der Waals surface area contributed by atoms with Crippen LogP contribution in [0, 0.1) is 0 Å². The Morgan fingerprint density at radius 3 is 2.42 bits per heavy atom. The van der Waals surface area contributed by atoms with Gasteiger partial charge in [-0.2, -0.15) is 0 Å². The fourth-order valence-corrected chi connectivity index (χ4v) is 5.65. The maximum absolute atomic E-state index is 13.4. The first kappa shape index (κ1) is 24.4. The maximum Gasteiger partial charge on any atom is 0.202 e. The zero-order valence-corrected chi connectivity index (χ0v) is 19.5. The number of aliphatic hydroxyl groups is 2. The minimum atomic E-state index is -1.95. The summed E-state index contributed by atoms with van der Waals surface area (Å²) in [6.45, 7) is 1.19. The first-order valence-corrected chi connectivity index (χ1v) is 11.8. The number of ketones is 3. The molecule has 190 valence electrons. The average molecular weight is 498 g/mol. The molecule has 5 unspecified atom stereocenters. The number of benzene rings is 2. The molecule has 3 aliphatic carbocycles. The molecule has 0 aromatic heterocycles. The third-order valence-electron chi connectivity index (χ3n) is 7.70. The van der Waals surface area contributed by atoms with Gasteiger partial charge >= 0.3 is 0 Å². The molecule has 7 N–H and O–H groups in total. The second kappa shape index (κ2) is 8.38. The second-order valence-electron chi connectivity index (χ2n) is 9.96. The van der Waals surface area contributed by atoms with Crippen LogP contribution in [0.4, 0.5) is 0 Å². The number of hydrogen-bond donors (Lipinski definition) is 6. The molecule has 10 nitrogen and oxygen atoms in total. The zero-order valence-electron chi connectivity index (χ0n) is 19.5. The summed E-state index contributed by atoms with van der Waals surface area (Å²) >= 11 is 0. The molecule has 10 heteroatoms. The summed E-state index contributed by atoms with van der Waals surface area (Å²) in [5.74, 6) is -3.90. The molecule has 1 saturated carbocycles. The van der Waals surface area contributed by atoms with Crippen LogP contribution in [-0.4, -0.2) is 66.7 Å². The van der Waals surface area contributed by atoms with Crippen LogP contribution >= 0.6 is 0 Å². The molecule has 0 bridgehead atoms. The Hall–Kier alpha value is -3.31. The van der Waals surface area contributed by atoms with Crippen molar-refractivity contribution in [1.82, 2.24) is 0 Å². The summed E-state index contributed by atoms with van der Waals surface area (Å²) in [4.78, 5) is 39.1. The quantitative estimate of drug-likeness (QED) is 0.286. The van der Waals surface area contributed by atoms with E-state index in [9.17, 15) is 39.9 Å². The van der Waals surface area contributed by atoms with Crippen LogP contribution in [0.5, 0.6) is 17.2 Å². The van der Waals surface area contributed by atoms with E-state index in [1.54, 1.807) is 0 Å². The van der Waals surface area contributed by atoms with Gasteiger partial charge in [0.1, 0.15) is 22.8 Å². The van der Waals surface area contributed by atoms with Gasteiger partial charge in [0.15, 0.2) is 11.6 Å². The van der Waals surface area contributed by atoms with Crippen molar-refractivity contribution in [3.63, 3.8) is 0 Å². The van der Waals surface area contributed by atoms with Crippen molar-refractivity contribution < 1.29 is 44.7 Å². The first-order chi connectivity index (χ1) is 16.9. The zero-order chi connectivity index (χ0) is 26.1. The number of fused-ring (bicyclic) bond motifs is 3. The van der Waals surface area contributed by atoms with Gasteiger partial charge in [0.2, 0.25) is 5.78 Å². The number of hydrogen-bond acceptors (Lipinski definition) is 10. The average Bonchev–Trinajstić information content (AvgIpc) is 2.81. The van der Waals surface area contributed by atoms with Crippen molar-refractivity contribution in [1.29, 1.82) is 0 Å². The number of carbonyl (C=O) groups is 3. The number of Topliss-reactive ketones (excluding diaryl/α,β-unsaturated/α-hetero) is 1. The molecule has 5 rings (SSSR count). The molecule has 0 spiro atoms. The Balaban J connectivity index is 1.68. The van der Waals surface area contributed by atoms with Crippen molar-refractivity contribution in [2.24, 2.45) is 5.73 Å². The molecule has 0 aliphatic heterocycles. The minimum absolute atomic E-state index is 0.00288. The van der Waals surface area contributed by atoms with Crippen molar-refractivity contribution in [2.75, 3.05) is 0 Å². The predicted octanol–water partition coefficient (Wildman–Crippen LogP) is 1.14. The van der Waals surface area contributed by atoms with E-state index in [4.69, 9.17) is 10.5 Å². The number of nitrogens with two attached hydrogens (primary N) is 1. The highest BCUT2D eigenvalue weighted by Crippen LogP contribution is 2.52. The summed E-state index contributed by atoms with van der Waals surface area (Å²) in [6.07, 6.45) is -1.90. The SMILES string of the molecule is CC(=O)C1(O)Cc2c(O)c3c(c(O)c2C(OC2CCC(O)C(N)C2)C1)C(=O)c1c(O)cccc1C3=O. The van der Waals surface area contributed by atoms with Gasteiger partial charge in [0.05, 0.1) is 35.0 Å². The molecule has 0 heterocycles. The van der Waals surface area contributed by atoms with E-state index >= 15 is 0 Å². The molecule has 3 aliphatic rings. The van der Waals surface area contributed by atoms with Gasteiger partial charge in [0, 0.05) is 35.6 Å². The van der Waals surface area contributed by atoms with E-state index in [0.29, 0.717) is 12.8 Å². The Labute approximate surface area is 205 Å². The lowest BCUT2D eigenvalue weighted by atomic mass is 9.72. The largest absolute Gasteiger partial charge is 0.507 e. The number of ether oxygens (including phenoxy) is 1. The molecule has 0 amide bonds. The lowest BCUT2D eigenvalue weighted by Gasteiger charge is -2.41. The van der Waals surface area contributed by atoms with Gasteiger partial charge in [-0.1, -0.05) is 12.1 Å². The third kappa shape index (κ3) is 3.52. The summed E-state index contributed by atoms with van der Waals surface area (Å²) < 4.78 is 6.19. The maximum atomic E-state index is 13.4. The lowest BCUT2D eigenvalue weighted by Crippen LogP contribution is -2.47. The standard InChI is InChI=1S/C26H27NO9/c1-10(28)26(35)8-13-19(17(9-26)36-11-5-6-15(29)14(27)7-11)25(34)21-20(23(13)32)22(31)12-3-2-4-16(30)18(12)24(21)33/h2-4,11,14-15,17,29-30,32,34-35H,5-9,27H2,1H3. The van der Waals surface area contributed by atoms with Crippen LogP contribution in [-0.2, 0) is 16.0 Å². The van der Waals surface area contributed by atoms with Gasteiger partial charge in [-0.25, -0.2) is 0 Å². The molecule has 36 heavy (non-hydrogen) atoms. The Morgan fingerprint density at radius 2 is 1.75 bits per heavy atom. The van der Waals surface area contributed by atoms with Gasteiger partial charge in [-0.3, -0.25) is 14.4 Å². The lowest BCUT2D eigenvalue weighted by molar-refractivity contribution is -0.145. The molecular weight excluding hydrogens is 470 g/mol. The van der Waals surface area contributed by atoms with Gasteiger partial charge in [0.25, 0.3) is 0 Å². The monoisotopic (exact) mass is 497 g/mol. The summed E-state index contributed by atoms with van der Waals surface area (Å²) in [5.41, 5.74) is 2.61. The van der Waals surface area contributed by atoms with Crippen LogP contribution in [0.2, 0.25) is 0 Å². The van der Waals surface area contributed by atoms with Crippen LogP contribution < -0.4 is 5.73 Å². The highest BCUT2D eigenvalue weighted by molar-refractivity contribution is 6.31. The Morgan fingerprint density at radius 1 is 1.06 bits per heavy atom. The summed E-state index contributed by atoms with van der Waals surface area (Å²) in [6, 6.07) is 3.39. The highest BCUT2D eigenvalue weighted by Gasteiger charge is 2.48. The van der Waals surface area contributed by atoms with Crippen LogP contribution in [0.15, 0.2) is 18.2 Å². The van der Waals surface area contributed by atoms with E-state index in [1.165, 1.54) is 25.1 Å². The Bertz CT molecular complexity index is 1320. The third-order valence-corrected chi connectivity index (χ3v) is 7.70. The second-order valence-corrected chi connectivity index (χ2v) is 9.96. The van der Waals surface area contributed by atoms with Gasteiger partial charge in [-0.15, -0.1) is 0 Å². The number of aliphatic hydroxyl groups excluding tert-OH is 1. The van der Waals surface area contributed by atoms with Gasteiger partial charge in [-0.05, 0) is 32.3 Å². The van der Waals surface area contributed by atoms with Crippen LogP contribution in [0.3, 0.4) is 0 Å². The van der Waals surface area contributed by atoms with E-state index in [2.05, 4.69) is 0 Å². The van der Waals surface area contributed by atoms with Gasteiger partial charge < -0.3 is 36.0 Å². The first-order valence-electron chi connectivity index (χ1n) is 11.8. The molecule has 2 aromatic rings. The van der Waals surface area contributed by atoms with Crippen molar-refractivity contribution in [3.05, 3.63) is 51.6 Å². The number of phenolic OH excluding ortho intramolecular Hbond substituents is 3. The number of carbonyl (C=O) groups excluding carboxylic acids is 3. The van der Waals surface area contributed by atoms with E-state index < -0.39 is 82.1 Å². The molecule has 1 fully saturated rings. The molecule has 5 atom stereocenters. The number of aromatic hydroxyl groups is 3. The molecule has 2 aromatic carbocycles. The summed E-state index contributed by atoms with van der Waals surface area (Å²) in [5, 5.41) is 53.9. The smallest absolute Gasteiger partial charge is 0.202 e. The predicted molar refractivity (Wildman–Crippen MR) is 124 cm³/mol. The van der Waals surface area contributed by atoms with Crippen molar-refractivity contribution in [3.8, 4) is 17.2 Å². The Kier molecular flexibility index (Phi) is 5.68. The fourth-order valence-electron chi connectivity index (χ4n) is 5.65. The topological polar surface area (TPSA) is 188 Å². The minimum Gasteiger partial charge on any atom is -0.507 e. The van der Waals surface area contributed by atoms with E-state index in [0.717, 1.165) is 0 Å². The van der Waals surface area contributed by atoms with Crippen LogP contribution in [0.1, 0.15) is 81.7 Å². The van der Waals surface area contributed by atoms with Crippen LogP contribution in [0.25, 0.3) is 0 Å². The number of phenols is 3. The molecule has 0 radical (unpaired) electrons.